The number of benzene rings is 1. The number of ketones is 1. The molecule has 0 unspecified atom stereocenters. The Hall–Kier alpha value is -2.36. The largest absolute Gasteiger partial charge is 0.492 e. The summed E-state index contributed by atoms with van der Waals surface area (Å²) in [6.45, 7) is 2.69. The third-order valence-corrected chi connectivity index (χ3v) is 2.57. The number of aromatic nitrogens is 1. The Bertz CT molecular complexity index is 541. The van der Waals surface area contributed by atoms with Crippen LogP contribution in [-0.2, 0) is 0 Å². The number of nitrogens with zero attached hydrogens (tertiary/aromatic N) is 1. The molecule has 0 fully saturated rings. The highest BCUT2D eigenvalue weighted by atomic mass is 16.5. The van der Waals surface area contributed by atoms with E-state index >= 15 is 0 Å². The third kappa shape index (κ3) is 3.81. The van der Waals surface area contributed by atoms with E-state index in [-0.39, 0.29) is 12.3 Å². The van der Waals surface area contributed by atoms with Gasteiger partial charge >= 0.3 is 0 Å². The Balaban J connectivity index is 1.98. The van der Waals surface area contributed by atoms with Gasteiger partial charge in [-0.1, -0.05) is 18.2 Å². The van der Waals surface area contributed by atoms with Crippen LogP contribution in [0.1, 0.15) is 17.3 Å². The van der Waals surface area contributed by atoms with Gasteiger partial charge in [0.2, 0.25) is 0 Å². The Morgan fingerprint density at radius 2 is 2.05 bits per heavy atom. The maximum absolute atomic E-state index is 12.0. The molecule has 0 aliphatic heterocycles. The van der Waals surface area contributed by atoms with Crippen LogP contribution in [0.25, 0.3) is 0 Å². The lowest BCUT2D eigenvalue weighted by atomic mass is 10.2. The van der Waals surface area contributed by atoms with Gasteiger partial charge in [-0.15, -0.1) is 0 Å². The van der Waals surface area contributed by atoms with Crippen molar-refractivity contribution in [2.45, 2.75) is 6.92 Å². The summed E-state index contributed by atoms with van der Waals surface area (Å²) in [5, 5.41) is 3.08. The first-order valence-electron chi connectivity index (χ1n) is 6.19. The molecular formula is C15H16N2O2. The van der Waals surface area contributed by atoms with Gasteiger partial charge < -0.3 is 10.1 Å². The number of ether oxygens (including phenoxy) is 1. The van der Waals surface area contributed by atoms with Gasteiger partial charge in [-0.3, -0.25) is 9.78 Å². The maximum Gasteiger partial charge on any atom is 0.183 e. The van der Waals surface area contributed by atoms with E-state index in [1.54, 1.807) is 18.5 Å². The zero-order valence-corrected chi connectivity index (χ0v) is 10.8. The zero-order chi connectivity index (χ0) is 13.5. The topological polar surface area (TPSA) is 51.2 Å². The molecule has 4 heteroatoms. The number of Topliss-reactive ketones (excluding diaryl/α,β-unsaturated/α-hetero) is 1. The predicted octanol–water partition coefficient (Wildman–Crippen LogP) is 2.78. The van der Waals surface area contributed by atoms with Crippen molar-refractivity contribution >= 4 is 11.5 Å². The van der Waals surface area contributed by atoms with Gasteiger partial charge in [-0.25, -0.2) is 0 Å². The molecule has 4 nitrogen and oxygen atoms in total. The van der Waals surface area contributed by atoms with Gasteiger partial charge in [0.1, 0.15) is 5.75 Å². The van der Waals surface area contributed by atoms with Crippen molar-refractivity contribution in [3.05, 3.63) is 54.4 Å². The number of nitrogens with one attached hydrogen (secondary N) is 1. The summed E-state index contributed by atoms with van der Waals surface area (Å²) < 4.78 is 5.32. The molecule has 0 spiro atoms. The Kier molecular flexibility index (Phi) is 4.50. The van der Waals surface area contributed by atoms with Crippen molar-refractivity contribution in [1.29, 1.82) is 0 Å². The van der Waals surface area contributed by atoms with E-state index in [2.05, 4.69) is 10.3 Å². The second kappa shape index (κ2) is 6.54. The molecule has 0 saturated carbocycles. The van der Waals surface area contributed by atoms with E-state index in [0.717, 1.165) is 5.69 Å². The molecule has 0 saturated heterocycles. The molecule has 0 aliphatic rings. The number of carbonyl (C=O) groups is 1. The molecule has 2 aromatic rings. The molecule has 0 atom stereocenters. The molecule has 1 aromatic heterocycles. The third-order valence-electron chi connectivity index (χ3n) is 2.57. The van der Waals surface area contributed by atoms with Crippen LogP contribution in [0.5, 0.6) is 5.75 Å². The second-order valence-corrected chi connectivity index (χ2v) is 3.99. The van der Waals surface area contributed by atoms with Crippen molar-refractivity contribution in [2.75, 3.05) is 18.5 Å². The van der Waals surface area contributed by atoms with Crippen LogP contribution in [0, 0.1) is 0 Å². The molecule has 0 aliphatic carbocycles. The summed E-state index contributed by atoms with van der Waals surface area (Å²) in [7, 11) is 0. The fourth-order valence-corrected chi connectivity index (χ4v) is 1.66. The summed E-state index contributed by atoms with van der Waals surface area (Å²) in [5.41, 5.74) is 1.47. The number of pyridine rings is 1. The molecule has 0 bridgehead atoms. The Morgan fingerprint density at radius 3 is 2.79 bits per heavy atom. The minimum atomic E-state index is -0.0158. The molecule has 98 valence electrons. The van der Waals surface area contributed by atoms with Crippen LogP contribution >= 0.6 is 0 Å². The quantitative estimate of drug-likeness (QED) is 0.807. The fourth-order valence-electron chi connectivity index (χ4n) is 1.66. The molecular weight excluding hydrogens is 240 g/mol. The number of rotatable bonds is 6. The highest BCUT2D eigenvalue weighted by molar-refractivity contribution is 5.99. The first-order chi connectivity index (χ1) is 9.29. The van der Waals surface area contributed by atoms with Gasteiger partial charge in [0.05, 0.1) is 19.3 Å². The van der Waals surface area contributed by atoms with E-state index in [9.17, 15) is 4.79 Å². The van der Waals surface area contributed by atoms with Crippen molar-refractivity contribution in [3.63, 3.8) is 0 Å². The number of hydrogen-bond donors (Lipinski definition) is 1. The van der Waals surface area contributed by atoms with Crippen molar-refractivity contribution in [3.8, 4) is 5.75 Å². The summed E-state index contributed by atoms with van der Waals surface area (Å²) in [5.74, 6) is 0.603. The van der Waals surface area contributed by atoms with Crippen LogP contribution < -0.4 is 10.1 Å². The van der Waals surface area contributed by atoms with Gasteiger partial charge in [-0.05, 0) is 25.1 Å². The molecule has 1 N–H and O–H groups in total. The second-order valence-electron chi connectivity index (χ2n) is 3.99. The van der Waals surface area contributed by atoms with Crippen molar-refractivity contribution < 1.29 is 9.53 Å². The minimum Gasteiger partial charge on any atom is -0.492 e. The Morgan fingerprint density at radius 1 is 1.26 bits per heavy atom. The standard InChI is InChI=1S/C15H16N2O2/c1-2-19-14-8-12(9-16-10-14)15(18)11-17-13-6-4-3-5-7-13/h3-10,17H,2,11H2,1H3. The molecule has 19 heavy (non-hydrogen) atoms. The van der Waals surface area contributed by atoms with E-state index in [4.69, 9.17) is 4.74 Å². The maximum atomic E-state index is 12.0. The van der Waals surface area contributed by atoms with Crippen molar-refractivity contribution in [1.82, 2.24) is 4.98 Å². The summed E-state index contributed by atoms with van der Waals surface area (Å²) in [6, 6.07) is 11.3. The number of carbonyl (C=O) groups excluding carboxylic acids is 1. The van der Waals surface area contributed by atoms with Crippen LogP contribution in [-0.4, -0.2) is 23.9 Å². The van der Waals surface area contributed by atoms with Crippen molar-refractivity contribution in [2.24, 2.45) is 0 Å². The normalized spacial score (nSPS) is 9.95. The number of hydrogen-bond acceptors (Lipinski definition) is 4. The van der Waals surface area contributed by atoms with Gasteiger partial charge in [0.25, 0.3) is 0 Å². The minimum absolute atomic E-state index is 0.0158. The first kappa shape index (κ1) is 13.1. The SMILES string of the molecule is CCOc1cncc(C(=O)CNc2ccccc2)c1. The molecule has 0 amide bonds. The van der Waals surface area contributed by atoms with Crippen LogP contribution in [0.3, 0.4) is 0 Å². The van der Waals surface area contributed by atoms with Crippen LogP contribution in [0.15, 0.2) is 48.8 Å². The summed E-state index contributed by atoms with van der Waals surface area (Å²) in [4.78, 5) is 16.0. The van der Waals surface area contributed by atoms with Crippen LogP contribution in [0.2, 0.25) is 0 Å². The van der Waals surface area contributed by atoms with Gasteiger partial charge in [0, 0.05) is 17.4 Å². The molecule has 0 radical (unpaired) electrons. The fraction of sp³-hybridized carbons (Fsp3) is 0.200. The highest BCUT2D eigenvalue weighted by Crippen LogP contribution is 2.12. The lowest BCUT2D eigenvalue weighted by molar-refractivity contribution is 0.101. The van der Waals surface area contributed by atoms with E-state index in [0.29, 0.717) is 17.9 Å². The molecule has 1 heterocycles. The highest BCUT2D eigenvalue weighted by Gasteiger charge is 2.07. The number of anilines is 1. The molecule has 2 rings (SSSR count). The van der Waals surface area contributed by atoms with Gasteiger partial charge in [0.15, 0.2) is 5.78 Å². The van der Waals surface area contributed by atoms with Gasteiger partial charge in [-0.2, -0.15) is 0 Å². The van der Waals surface area contributed by atoms with E-state index < -0.39 is 0 Å². The van der Waals surface area contributed by atoms with Crippen LogP contribution in [0.4, 0.5) is 5.69 Å². The smallest absolute Gasteiger partial charge is 0.183 e. The summed E-state index contributed by atoms with van der Waals surface area (Å²) in [6.07, 6.45) is 3.16. The number of para-hydroxylation sites is 1. The zero-order valence-electron chi connectivity index (χ0n) is 10.8. The Labute approximate surface area is 112 Å². The molecule has 1 aromatic carbocycles. The van der Waals surface area contributed by atoms with E-state index in [1.807, 2.05) is 37.3 Å². The van der Waals surface area contributed by atoms with E-state index in [1.165, 1.54) is 0 Å². The average molecular weight is 256 g/mol. The predicted molar refractivity (Wildman–Crippen MR) is 74.7 cm³/mol. The summed E-state index contributed by atoms with van der Waals surface area (Å²) >= 11 is 0. The lowest BCUT2D eigenvalue weighted by Crippen LogP contribution is -2.14. The first-order valence-corrected chi connectivity index (χ1v) is 6.19. The average Bonchev–Trinajstić information content (AvgIpc) is 2.46. The lowest BCUT2D eigenvalue weighted by Gasteiger charge is -2.07. The monoisotopic (exact) mass is 256 g/mol.